The Balaban J connectivity index is 2.04. The molecule has 112 valence electrons. The molecule has 0 aliphatic heterocycles. The van der Waals surface area contributed by atoms with Gasteiger partial charge in [0.25, 0.3) is 5.91 Å². The van der Waals surface area contributed by atoms with Gasteiger partial charge in [-0.25, -0.2) is 5.06 Å². The van der Waals surface area contributed by atoms with Crippen LogP contribution in [0.2, 0.25) is 0 Å². The lowest BCUT2D eigenvalue weighted by Crippen LogP contribution is -2.25. The molecule has 0 radical (unpaired) electrons. The van der Waals surface area contributed by atoms with Gasteiger partial charge in [0.1, 0.15) is 12.4 Å². The number of amides is 1. The molecule has 5 nitrogen and oxygen atoms in total. The van der Waals surface area contributed by atoms with Crippen LogP contribution in [-0.2, 0) is 11.4 Å². The number of nitriles is 1. The van der Waals surface area contributed by atoms with E-state index >= 15 is 0 Å². The number of rotatable bonds is 5. The van der Waals surface area contributed by atoms with E-state index in [4.69, 9.17) is 14.8 Å². The summed E-state index contributed by atoms with van der Waals surface area (Å²) in [6, 6.07) is 16.1. The molecule has 5 heteroatoms. The molecule has 0 saturated heterocycles. The van der Waals surface area contributed by atoms with Crippen molar-refractivity contribution in [2.45, 2.75) is 6.61 Å². The van der Waals surface area contributed by atoms with E-state index < -0.39 is 0 Å². The first-order valence-electron chi connectivity index (χ1n) is 6.68. The van der Waals surface area contributed by atoms with E-state index in [0.717, 1.165) is 10.6 Å². The van der Waals surface area contributed by atoms with Crippen molar-refractivity contribution in [2.24, 2.45) is 0 Å². The maximum Gasteiger partial charge on any atom is 0.277 e. The van der Waals surface area contributed by atoms with Crippen molar-refractivity contribution < 1.29 is 14.4 Å². The summed E-state index contributed by atoms with van der Waals surface area (Å²) in [4.78, 5) is 16.9. The second kappa shape index (κ2) is 7.25. The Morgan fingerprint density at radius 3 is 2.59 bits per heavy atom. The number of benzene rings is 2. The highest BCUT2D eigenvalue weighted by Crippen LogP contribution is 2.16. The minimum atomic E-state index is -0.244. The van der Waals surface area contributed by atoms with E-state index in [-0.39, 0.29) is 5.91 Å². The molecule has 0 heterocycles. The molecule has 0 fully saturated rings. The van der Waals surface area contributed by atoms with Crippen LogP contribution < -0.4 is 4.74 Å². The fourth-order valence-corrected chi connectivity index (χ4v) is 1.83. The van der Waals surface area contributed by atoms with E-state index in [0.29, 0.717) is 23.5 Å². The lowest BCUT2D eigenvalue weighted by molar-refractivity contribution is -0.0757. The summed E-state index contributed by atoms with van der Waals surface area (Å²) in [6.07, 6.45) is 0. The van der Waals surface area contributed by atoms with Crippen LogP contribution in [0.4, 0.5) is 0 Å². The van der Waals surface area contributed by atoms with Gasteiger partial charge in [-0.2, -0.15) is 5.26 Å². The van der Waals surface area contributed by atoms with Gasteiger partial charge in [0, 0.05) is 12.6 Å². The Morgan fingerprint density at radius 2 is 1.95 bits per heavy atom. The van der Waals surface area contributed by atoms with Crippen LogP contribution >= 0.6 is 0 Å². The second-order valence-corrected chi connectivity index (χ2v) is 4.61. The third kappa shape index (κ3) is 3.84. The van der Waals surface area contributed by atoms with Gasteiger partial charge >= 0.3 is 0 Å². The standard InChI is InChI=1S/C17H16N2O3/c1-19(21-2)17(20)15-4-3-5-16(10-15)22-12-14-8-6-13(11-18)7-9-14/h3-10H,12H2,1-2H3. The van der Waals surface area contributed by atoms with Crippen LogP contribution in [0.5, 0.6) is 5.75 Å². The van der Waals surface area contributed by atoms with Crippen molar-refractivity contribution in [1.29, 1.82) is 5.26 Å². The lowest BCUT2D eigenvalue weighted by atomic mass is 10.1. The Labute approximate surface area is 129 Å². The van der Waals surface area contributed by atoms with Gasteiger partial charge in [0.15, 0.2) is 0 Å². The van der Waals surface area contributed by atoms with Crippen molar-refractivity contribution >= 4 is 5.91 Å². The van der Waals surface area contributed by atoms with Crippen molar-refractivity contribution in [3.05, 3.63) is 65.2 Å². The highest BCUT2D eigenvalue weighted by molar-refractivity contribution is 5.93. The van der Waals surface area contributed by atoms with Gasteiger partial charge in [-0.1, -0.05) is 18.2 Å². The van der Waals surface area contributed by atoms with E-state index in [1.807, 2.05) is 12.1 Å². The fraction of sp³-hybridized carbons (Fsp3) is 0.176. The monoisotopic (exact) mass is 296 g/mol. The predicted octanol–water partition coefficient (Wildman–Crippen LogP) is 2.77. The van der Waals surface area contributed by atoms with Gasteiger partial charge in [-0.05, 0) is 35.9 Å². The highest BCUT2D eigenvalue weighted by atomic mass is 16.7. The van der Waals surface area contributed by atoms with Crippen LogP contribution in [0, 0.1) is 11.3 Å². The normalized spacial score (nSPS) is 9.86. The molecule has 0 bridgehead atoms. The van der Waals surface area contributed by atoms with Gasteiger partial charge < -0.3 is 4.74 Å². The molecule has 0 unspecified atom stereocenters. The average Bonchev–Trinajstić information content (AvgIpc) is 2.59. The van der Waals surface area contributed by atoms with E-state index in [9.17, 15) is 4.79 Å². The lowest BCUT2D eigenvalue weighted by Gasteiger charge is -2.14. The SMILES string of the molecule is CON(C)C(=O)c1cccc(OCc2ccc(C#N)cc2)c1. The van der Waals surface area contributed by atoms with Crippen molar-refractivity contribution in [3.8, 4) is 11.8 Å². The molecule has 2 aromatic carbocycles. The molecule has 2 aromatic rings. The fourth-order valence-electron chi connectivity index (χ4n) is 1.83. The largest absolute Gasteiger partial charge is 0.489 e. The zero-order valence-corrected chi connectivity index (χ0v) is 12.4. The molecule has 0 aliphatic carbocycles. The number of carbonyl (C=O) groups is 1. The molecular formula is C17H16N2O3. The molecule has 2 rings (SSSR count). The van der Waals surface area contributed by atoms with Crippen LogP contribution in [0.25, 0.3) is 0 Å². The Hall–Kier alpha value is -2.84. The van der Waals surface area contributed by atoms with Crippen molar-refractivity contribution in [1.82, 2.24) is 5.06 Å². The smallest absolute Gasteiger partial charge is 0.277 e. The first-order valence-corrected chi connectivity index (χ1v) is 6.68. The van der Waals surface area contributed by atoms with Crippen LogP contribution in [-0.4, -0.2) is 25.1 Å². The van der Waals surface area contributed by atoms with Crippen LogP contribution in [0.3, 0.4) is 0 Å². The average molecular weight is 296 g/mol. The zero-order chi connectivity index (χ0) is 15.9. The maximum atomic E-state index is 12.0. The Kier molecular flexibility index (Phi) is 5.12. The van der Waals surface area contributed by atoms with E-state index in [2.05, 4.69) is 6.07 Å². The molecule has 0 aromatic heterocycles. The number of hydrogen-bond donors (Lipinski definition) is 0. The number of hydroxylamine groups is 2. The third-order valence-corrected chi connectivity index (χ3v) is 3.13. The predicted molar refractivity (Wildman–Crippen MR) is 81.0 cm³/mol. The van der Waals surface area contributed by atoms with Gasteiger partial charge in [0.2, 0.25) is 0 Å². The first-order chi connectivity index (χ1) is 10.6. The number of carbonyl (C=O) groups excluding carboxylic acids is 1. The maximum absolute atomic E-state index is 12.0. The summed E-state index contributed by atoms with van der Waals surface area (Å²) in [7, 11) is 2.98. The quantitative estimate of drug-likeness (QED) is 0.796. The summed E-state index contributed by atoms with van der Waals surface area (Å²) >= 11 is 0. The van der Waals surface area contributed by atoms with Crippen molar-refractivity contribution in [3.63, 3.8) is 0 Å². The molecule has 0 saturated carbocycles. The van der Waals surface area contributed by atoms with E-state index in [1.165, 1.54) is 7.11 Å². The summed E-state index contributed by atoms with van der Waals surface area (Å²) in [6.45, 7) is 0.365. The van der Waals surface area contributed by atoms with Crippen LogP contribution in [0.1, 0.15) is 21.5 Å². The van der Waals surface area contributed by atoms with Gasteiger partial charge in [-0.3, -0.25) is 9.63 Å². The molecular weight excluding hydrogens is 280 g/mol. The van der Waals surface area contributed by atoms with Gasteiger partial charge in [-0.15, -0.1) is 0 Å². The minimum absolute atomic E-state index is 0.244. The molecule has 0 atom stereocenters. The third-order valence-electron chi connectivity index (χ3n) is 3.13. The minimum Gasteiger partial charge on any atom is -0.489 e. The Morgan fingerprint density at radius 1 is 1.23 bits per heavy atom. The summed E-state index contributed by atoms with van der Waals surface area (Å²) in [5.41, 5.74) is 2.05. The number of ether oxygens (including phenoxy) is 1. The zero-order valence-electron chi connectivity index (χ0n) is 12.4. The number of hydrogen-bond acceptors (Lipinski definition) is 4. The van der Waals surface area contributed by atoms with Crippen LogP contribution in [0.15, 0.2) is 48.5 Å². The Bertz CT molecular complexity index is 690. The second-order valence-electron chi connectivity index (χ2n) is 4.61. The summed E-state index contributed by atoms with van der Waals surface area (Å²) in [5, 5.41) is 9.91. The van der Waals surface area contributed by atoms with Crippen molar-refractivity contribution in [2.75, 3.05) is 14.2 Å². The molecule has 0 spiro atoms. The summed E-state index contributed by atoms with van der Waals surface area (Å²) < 4.78 is 5.68. The van der Waals surface area contributed by atoms with Gasteiger partial charge in [0.05, 0.1) is 18.7 Å². The first kappa shape index (κ1) is 15.5. The molecule has 0 aliphatic rings. The van der Waals surface area contributed by atoms with E-state index in [1.54, 1.807) is 43.4 Å². The molecule has 0 N–H and O–H groups in total. The topological polar surface area (TPSA) is 62.6 Å². The highest BCUT2D eigenvalue weighted by Gasteiger charge is 2.11. The molecule has 1 amide bonds. The number of nitrogens with zero attached hydrogens (tertiary/aromatic N) is 2. The molecule has 22 heavy (non-hydrogen) atoms. The summed E-state index contributed by atoms with van der Waals surface area (Å²) in [5.74, 6) is 0.353.